The number of hydrogen-bond acceptors (Lipinski definition) is 3. The molecule has 7 heteroatoms. The van der Waals surface area contributed by atoms with Gasteiger partial charge in [0.2, 0.25) is 10.0 Å². The van der Waals surface area contributed by atoms with E-state index in [1.807, 2.05) is 0 Å². The minimum atomic E-state index is -3.55. The average Bonchev–Trinajstić information content (AvgIpc) is 2.83. The molecule has 94 valence electrons. The maximum Gasteiger partial charge on any atom is 0.307 e. The lowest BCUT2D eigenvalue weighted by atomic mass is 10.0. The monoisotopic (exact) mass is 258 g/mol. The van der Waals surface area contributed by atoms with E-state index in [-0.39, 0.29) is 11.4 Å². The minimum absolute atomic E-state index is 0.0584. The predicted octanol–water partition coefficient (Wildman–Crippen LogP) is 0.500. The Labute approximate surface area is 99.3 Å². The van der Waals surface area contributed by atoms with Crippen molar-refractivity contribution in [1.29, 1.82) is 0 Å². The van der Waals surface area contributed by atoms with Gasteiger partial charge >= 0.3 is 5.97 Å². The van der Waals surface area contributed by atoms with E-state index in [1.165, 1.54) is 22.8 Å². The van der Waals surface area contributed by atoms with Crippen molar-refractivity contribution < 1.29 is 18.3 Å². The van der Waals surface area contributed by atoms with Crippen LogP contribution in [0.4, 0.5) is 0 Å². The third-order valence-corrected chi connectivity index (χ3v) is 4.80. The molecule has 0 amide bonds. The molecule has 2 rings (SSSR count). The van der Waals surface area contributed by atoms with Gasteiger partial charge in [0.25, 0.3) is 0 Å². The molecule has 0 aliphatic carbocycles. The minimum Gasteiger partial charge on any atom is -0.481 e. The molecule has 0 radical (unpaired) electrons. The molecular weight excluding hydrogens is 244 g/mol. The number of aromatic nitrogens is 1. The van der Waals surface area contributed by atoms with Gasteiger partial charge in [-0.05, 0) is 18.9 Å². The van der Waals surface area contributed by atoms with Crippen LogP contribution in [0.1, 0.15) is 12.8 Å². The summed E-state index contributed by atoms with van der Waals surface area (Å²) in [5, 5.41) is 8.92. The van der Waals surface area contributed by atoms with Crippen LogP contribution < -0.4 is 0 Å². The highest BCUT2D eigenvalue weighted by Gasteiger charge is 2.33. The Morgan fingerprint density at radius 2 is 2.29 bits per heavy atom. The second kappa shape index (κ2) is 4.50. The first-order valence-corrected chi connectivity index (χ1v) is 6.81. The summed E-state index contributed by atoms with van der Waals surface area (Å²) in [6.07, 6.45) is 4.06. The summed E-state index contributed by atoms with van der Waals surface area (Å²) in [5.41, 5.74) is 0. The average molecular weight is 258 g/mol. The first kappa shape index (κ1) is 12.1. The summed E-state index contributed by atoms with van der Waals surface area (Å²) in [4.78, 5) is 13.8. The van der Waals surface area contributed by atoms with Gasteiger partial charge in [-0.2, -0.15) is 4.31 Å². The molecule has 1 aliphatic rings. The van der Waals surface area contributed by atoms with Crippen molar-refractivity contribution in [2.24, 2.45) is 5.92 Å². The van der Waals surface area contributed by atoms with Crippen LogP contribution >= 0.6 is 0 Å². The molecule has 1 fully saturated rings. The Bertz CT molecular complexity index is 494. The number of piperidine rings is 1. The van der Waals surface area contributed by atoms with Crippen LogP contribution in [0.25, 0.3) is 0 Å². The highest BCUT2D eigenvalue weighted by Crippen LogP contribution is 2.23. The van der Waals surface area contributed by atoms with Crippen molar-refractivity contribution in [3.05, 3.63) is 18.5 Å². The van der Waals surface area contributed by atoms with Crippen LogP contribution in [0.15, 0.2) is 23.4 Å². The number of hydrogen-bond donors (Lipinski definition) is 2. The predicted molar refractivity (Wildman–Crippen MR) is 59.9 cm³/mol. The van der Waals surface area contributed by atoms with Gasteiger partial charge in [0.15, 0.2) is 0 Å². The molecule has 0 spiro atoms. The first-order chi connectivity index (χ1) is 8.01. The number of carboxylic acid groups (broad SMARTS) is 1. The second-order valence-corrected chi connectivity index (χ2v) is 6.03. The molecule has 1 aromatic rings. The van der Waals surface area contributed by atoms with Gasteiger partial charge in [-0.1, -0.05) is 0 Å². The normalized spacial score (nSPS) is 22.5. The number of H-pyrrole nitrogens is 1. The van der Waals surface area contributed by atoms with E-state index in [4.69, 9.17) is 5.11 Å². The van der Waals surface area contributed by atoms with E-state index in [0.717, 1.165) is 0 Å². The molecule has 1 atom stereocenters. The maximum absolute atomic E-state index is 12.1. The van der Waals surface area contributed by atoms with Gasteiger partial charge in [0, 0.05) is 25.5 Å². The Kier molecular flexibility index (Phi) is 3.21. The van der Waals surface area contributed by atoms with Gasteiger partial charge in [-0.15, -0.1) is 0 Å². The Morgan fingerprint density at radius 1 is 1.53 bits per heavy atom. The van der Waals surface area contributed by atoms with Crippen molar-refractivity contribution in [1.82, 2.24) is 9.29 Å². The van der Waals surface area contributed by atoms with Crippen LogP contribution in [0, 0.1) is 5.92 Å². The first-order valence-electron chi connectivity index (χ1n) is 5.37. The Balaban J connectivity index is 2.20. The molecule has 17 heavy (non-hydrogen) atoms. The molecule has 2 N–H and O–H groups in total. The van der Waals surface area contributed by atoms with Gasteiger partial charge in [-0.25, -0.2) is 8.42 Å². The summed E-state index contributed by atoms with van der Waals surface area (Å²) in [7, 11) is -3.55. The Hall–Kier alpha value is -1.34. The smallest absolute Gasteiger partial charge is 0.307 e. The SMILES string of the molecule is O=C(O)[C@@H]1CCCN(S(=O)(=O)c2cc[nH]c2)C1. The van der Waals surface area contributed by atoms with E-state index < -0.39 is 21.9 Å². The highest BCUT2D eigenvalue weighted by molar-refractivity contribution is 7.89. The third kappa shape index (κ3) is 2.34. The number of aromatic amines is 1. The molecule has 6 nitrogen and oxygen atoms in total. The van der Waals surface area contributed by atoms with E-state index in [2.05, 4.69) is 4.98 Å². The standard InChI is InChI=1S/C10H14N2O4S/c13-10(14)8-2-1-5-12(7-8)17(15,16)9-3-4-11-6-9/h3-4,6,8,11H,1-2,5,7H2,(H,13,14)/t8-/m1/s1. The lowest BCUT2D eigenvalue weighted by Crippen LogP contribution is -2.42. The van der Waals surface area contributed by atoms with Crippen molar-refractivity contribution in [3.63, 3.8) is 0 Å². The van der Waals surface area contributed by atoms with Gasteiger partial charge in [-0.3, -0.25) is 4.79 Å². The summed E-state index contributed by atoms with van der Waals surface area (Å²) >= 11 is 0. The number of aliphatic carboxylic acids is 1. The number of carboxylic acids is 1. The lowest BCUT2D eigenvalue weighted by Gasteiger charge is -2.29. The van der Waals surface area contributed by atoms with Crippen molar-refractivity contribution >= 4 is 16.0 Å². The van der Waals surface area contributed by atoms with Crippen LogP contribution in [0.2, 0.25) is 0 Å². The molecule has 0 saturated carbocycles. The van der Waals surface area contributed by atoms with Crippen LogP contribution in [0.3, 0.4) is 0 Å². The fourth-order valence-electron chi connectivity index (χ4n) is 1.98. The molecule has 2 heterocycles. The van der Waals surface area contributed by atoms with Crippen molar-refractivity contribution in [2.75, 3.05) is 13.1 Å². The molecular formula is C10H14N2O4S. The molecule has 1 aromatic heterocycles. The third-order valence-electron chi connectivity index (χ3n) is 2.94. The fourth-order valence-corrected chi connectivity index (χ4v) is 3.48. The summed E-state index contributed by atoms with van der Waals surface area (Å²) < 4.78 is 25.5. The number of nitrogens with one attached hydrogen (secondary N) is 1. The van der Waals surface area contributed by atoms with E-state index in [0.29, 0.717) is 19.4 Å². The maximum atomic E-state index is 12.1. The zero-order chi connectivity index (χ0) is 12.5. The molecule has 1 saturated heterocycles. The topological polar surface area (TPSA) is 90.5 Å². The summed E-state index contributed by atoms with van der Waals surface area (Å²) in [5.74, 6) is -1.53. The van der Waals surface area contributed by atoms with Crippen molar-refractivity contribution in [3.8, 4) is 0 Å². The van der Waals surface area contributed by atoms with E-state index in [9.17, 15) is 13.2 Å². The van der Waals surface area contributed by atoms with Crippen LogP contribution in [-0.2, 0) is 14.8 Å². The zero-order valence-corrected chi connectivity index (χ0v) is 9.98. The van der Waals surface area contributed by atoms with Gasteiger partial charge in [0.05, 0.1) is 10.8 Å². The zero-order valence-electron chi connectivity index (χ0n) is 9.17. The van der Waals surface area contributed by atoms with Gasteiger partial charge < -0.3 is 10.1 Å². The summed E-state index contributed by atoms with van der Waals surface area (Å²) in [6.45, 7) is 0.445. The number of rotatable bonds is 3. The lowest BCUT2D eigenvalue weighted by molar-refractivity contribution is -0.142. The molecule has 1 aliphatic heterocycles. The Morgan fingerprint density at radius 3 is 2.88 bits per heavy atom. The second-order valence-electron chi connectivity index (χ2n) is 4.09. The fraction of sp³-hybridized carbons (Fsp3) is 0.500. The van der Waals surface area contributed by atoms with E-state index >= 15 is 0 Å². The number of nitrogens with zero attached hydrogens (tertiary/aromatic N) is 1. The number of carbonyl (C=O) groups is 1. The van der Waals surface area contributed by atoms with E-state index in [1.54, 1.807) is 0 Å². The quantitative estimate of drug-likeness (QED) is 0.826. The van der Waals surface area contributed by atoms with Crippen molar-refractivity contribution in [2.45, 2.75) is 17.7 Å². The van der Waals surface area contributed by atoms with Crippen LogP contribution in [0.5, 0.6) is 0 Å². The van der Waals surface area contributed by atoms with Gasteiger partial charge in [0.1, 0.15) is 0 Å². The van der Waals surface area contributed by atoms with Crippen LogP contribution in [-0.4, -0.2) is 41.9 Å². The molecule has 0 aromatic carbocycles. The number of sulfonamides is 1. The largest absolute Gasteiger partial charge is 0.481 e. The summed E-state index contributed by atoms with van der Waals surface area (Å²) in [6, 6.07) is 1.47. The molecule has 0 bridgehead atoms. The highest BCUT2D eigenvalue weighted by atomic mass is 32.2. The molecule has 0 unspecified atom stereocenters.